The van der Waals surface area contributed by atoms with Gasteiger partial charge < -0.3 is 10.6 Å². The largest absolute Gasteiger partial charge is 0.318 e. The number of likely N-dealkylation sites (N-methyl/N-ethyl adjacent to an activating group) is 2. The second-order valence-electron chi connectivity index (χ2n) is 2.95. The Morgan fingerprint density at radius 2 is 2.15 bits per heavy atom. The lowest BCUT2D eigenvalue weighted by molar-refractivity contribution is 0.558. The molecule has 2 N–H and O–H groups in total. The lowest BCUT2D eigenvalue weighted by atomic mass is 10.1. The van der Waals surface area contributed by atoms with Crippen LogP contribution in [0.5, 0.6) is 0 Å². The van der Waals surface area contributed by atoms with Gasteiger partial charge in [0, 0.05) is 17.1 Å². The highest BCUT2D eigenvalue weighted by molar-refractivity contribution is 9.10. The van der Waals surface area contributed by atoms with Gasteiger partial charge in [0.15, 0.2) is 0 Å². The number of nitrogens with one attached hydrogen (secondary N) is 2. The molecule has 2 nitrogen and oxygen atoms in total. The highest BCUT2D eigenvalue weighted by Gasteiger charge is 2.06. The van der Waals surface area contributed by atoms with Crippen molar-refractivity contribution in [1.82, 2.24) is 10.6 Å². The van der Waals surface area contributed by atoms with E-state index in [1.54, 1.807) is 0 Å². The molecule has 0 aliphatic carbocycles. The molecule has 0 heterocycles. The van der Waals surface area contributed by atoms with Crippen molar-refractivity contribution in [3.05, 3.63) is 34.3 Å². The third-order valence-electron chi connectivity index (χ3n) is 2.01. The Morgan fingerprint density at radius 3 is 2.69 bits per heavy atom. The molecule has 0 amide bonds. The van der Waals surface area contributed by atoms with Gasteiger partial charge in [-0.25, -0.2) is 0 Å². The predicted octanol–water partition coefficient (Wildman–Crippen LogP) is 1.93. The molecule has 0 fully saturated rings. The summed E-state index contributed by atoms with van der Waals surface area (Å²) in [6, 6.07) is 8.74. The molecular weight excluding hydrogens is 228 g/mol. The molecule has 13 heavy (non-hydrogen) atoms. The van der Waals surface area contributed by atoms with E-state index in [0.717, 1.165) is 11.0 Å². The van der Waals surface area contributed by atoms with Crippen molar-refractivity contribution in [2.24, 2.45) is 0 Å². The van der Waals surface area contributed by atoms with Crippen molar-refractivity contribution in [3.63, 3.8) is 0 Å². The average Bonchev–Trinajstić information content (AvgIpc) is 2.14. The van der Waals surface area contributed by atoms with Crippen molar-refractivity contribution < 1.29 is 0 Å². The summed E-state index contributed by atoms with van der Waals surface area (Å²) in [5.41, 5.74) is 1.30. The van der Waals surface area contributed by atoms with E-state index in [1.165, 1.54) is 5.56 Å². The van der Waals surface area contributed by atoms with Crippen molar-refractivity contribution >= 4 is 15.9 Å². The minimum Gasteiger partial charge on any atom is -0.318 e. The summed E-state index contributed by atoms with van der Waals surface area (Å²) >= 11 is 3.46. The Balaban J connectivity index is 2.78. The van der Waals surface area contributed by atoms with Gasteiger partial charge in [-0.1, -0.05) is 28.1 Å². The quantitative estimate of drug-likeness (QED) is 0.844. The first-order valence-electron chi connectivity index (χ1n) is 4.35. The van der Waals surface area contributed by atoms with Crippen LogP contribution in [0.15, 0.2) is 28.7 Å². The summed E-state index contributed by atoms with van der Waals surface area (Å²) in [5, 5.41) is 6.42. The molecule has 1 unspecified atom stereocenters. The normalized spacial score (nSPS) is 12.8. The molecule has 1 rings (SSSR count). The molecule has 0 aliphatic rings. The number of halogens is 1. The number of benzene rings is 1. The highest BCUT2D eigenvalue weighted by atomic mass is 79.9. The van der Waals surface area contributed by atoms with Gasteiger partial charge in [-0.05, 0) is 31.8 Å². The third kappa shape index (κ3) is 3.10. The zero-order valence-corrected chi connectivity index (χ0v) is 9.56. The van der Waals surface area contributed by atoms with E-state index in [9.17, 15) is 0 Å². The van der Waals surface area contributed by atoms with E-state index in [-0.39, 0.29) is 0 Å². The molecule has 1 aromatic rings. The smallest absolute Gasteiger partial charge is 0.0444 e. The van der Waals surface area contributed by atoms with Crippen LogP contribution in [0.4, 0.5) is 0 Å². The van der Waals surface area contributed by atoms with Crippen LogP contribution in [0.25, 0.3) is 0 Å². The Morgan fingerprint density at radius 1 is 1.38 bits per heavy atom. The Labute approximate surface area is 87.9 Å². The SMILES string of the molecule is CNCC(NC)c1cccc(Br)c1. The van der Waals surface area contributed by atoms with E-state index in [4.69, 9.17) is 0 Å². The zero-order valence-electron chi connectivity index (χ0n) is 7.97. The lowest BCUT2D eigenvalue weighted by Gasteiger charge is -2.16. The van der Waals surface area contributed by atoms with E-state index in [1.807, 2.05) is 20.2 Å². The van der Waals surface area contributed by atoms with E-state index in [0.29, 0.717) is 6.04 Å². The van der Waals surface area contributed by atoms with Crippen LogP contribution in [0.3, 0.4) is 0 Å². The van der Waals surface area contributed by atoms with E-state index >= 15 is 0 Å². The van der Waals surface area contributed by atoms with E-state index < -0.39 is 0 Å². The molecule has 0 saturated heterocycles. The number of hydrogen-bond donors (Lipinski definition) is 2. The van der Waals surface area contributed by atoms with Gasteiger partial charge in [0.2, 0.25) is 0 Å². The standard InChI is InChI=1S/C10H15BrN2/c1-12-7-10(13-2)8-4-3-5-9(11)6-8/h3-6,10,12-13H,7H2,1-2H3. The number of rotatable bonds is 4. The molecule has 0 aliphatic heterocycles. The molecular formula is C10H15BrN2. The van der Waals surface area contributed by atoms with Crippen LogP contribution in [-0.2, 0) is 0 Å². The summed E-state index contributed by atoms with van der Waals surface area (Å²) < 4.78 is 1.13. The fourth-order valence-corrected chi connectivity index (χ4v) is 1.73. The monoisotopic (exact) mass is 242 g/mol. The molecule has 0 bridgehead atoms. The van der Waals surface area contributed by atoms with Gasteiger partial charge in [0.1, 0.15) is 0 Å². The maximum atomic E-state index is 3.46. The summed E-state index contributed by atoms with van der Waals surface area (Å²) in [7, 11) is 3.94. The summed E-state index contributed by atoms with van der Waals surface area (Å²) in [6.45, 7) is 0.937. The molecule has 1 aromatic carbocycles. The van der Waals surface area contributed by atoms with Crippen LogP contribution in [-0.4, -0.2) is 20.6 Å². The summed E-state index contributed by atoms with van der Waals surface area (Å²) in [6.07, 6.45) is 0. The molecule has 0 spiro atoms. The molecule has 3 heteroatoms. The lowest BCUT2D eigenvalue weighted by Crippen LogP contribution is -2.27. The number of hydrogen-bond acceptors (Lipinski definition) is 2. The fraction of sp³-hybridized carbons (Fsp3) is 0.400. The Kier molecular flexibility index (Phi) is 4.42. The van der Waals surface area contributed by atoms with Crippen molar-refractivity contribution in [1.29, 1.82) is 0 Å². The van der Waals surface area contributed by atoms with Gasteiger partial charge in [-0.15, -0.1) is 0 Å². The second kappa shape index (κ2) is 5.37. The Hall–Kier alpha value is -0.380. The first kappa shape index (κ1) is 10.7. The minimum absolute atomic E-state index is 0.377. The van der Waals surface area contributed by atoms with Crippen molar-refractivity contribution in [2.75, 3.05) is 20.6 Å². The van der Waals surface area contributed by atoms with Crippen LogP contribution >= 0.6 is 15.9 Å². The summed E-state index contributed by atoms with van der Waals surface area (Å²) in [4.78, 5) is 0. The average molecular weight is 243 g/mol. The first-order chi connectivity index (χ1) is 6.27. The minimum atomic E-state index is 0.377. The van der Waals surface area contributed by atoms with Crippen LogP contribution in [0, 0.1) is 0 Å². The molecule has 72 valence electrons. The molecule has 1 atom stereocenters. The Bertz CT molecular complexity index is 263. The molecule has 0 radical (unpaired) electrons. The van der Waals surface area contributed by atoms with Crippen LogP contribution < -0.4 is 10.6 Å². The van der Waals surface area contributed by atoms with Crippen LogP contribution in [0.1, 0.15) is 11.6 Å². The van der Waals surface area contributed by atoms with Gasteiger partial charge >= 0.3 is 0 Å². The second-order valence-corrected chi connectivity index (χ2v) is 3.87. The zero-order chi connectivity index (χ0) is 9.68. The topological polar surface area (TPSA) is 24.1 Å². The van der Waals surface area contributed by atoms with Gasteiger partial charge in [0.25, 0.3) is 0 Å². The summed E-state index contributed by atoms with van der Waals surface area (Å²) in [5.74, 6) is 0. The van der Waals surface area contributed by atoms with Gasteiger partial charge in [-0.2, -0.15) is 0 Å². The van der Waals surface area contributed by atoms with Crippen molar-refractivity contribution in [3.8, 4) is 0 Å². The predicted molar refractivity (Wildman–Crippen MR) is 59.9 cm³/mol. The first-order valence-corrected chi connectivity index (χ1v) is 5.14. The maximum Gasteiger partial charge on any atom is 0.0444 e. The molecule has 0 saturated carbocycles. The third-order valence-corrected chi connectivity index (χ3v) is 2.50. The van der Waals surface area contributed by atoms with Gasteiger partial charge in [0.05, 0.1) is 0 Å². The van der Waals surface area contributed by atoms with Crippen LogP contribution in [0.2, 0.25) is 0 Å². The maximum absolute atomic E-state index is 3.46. The molecule has 0 aromatic heterocycles. The van der Waals surface area contributed by atoms with Crippen molar-refractivity contribution in [2.45, 2.75) is 6.04 Å². The van der Waals surface area contributed by atoms with E-state index in [2.05, 4.69) is 44.8 Å². The fourth-order valence-electron chi connectivity index (χ4n) is 1.31. The van der Waals surface area contributed by atoms with Gasteiger partial charge in [-0.3, -0.25) is 0 Å². The highest BCUT2D eigenvalue weighted by Crippen LogP contribution is 2.17.